The van der Waals surface area contributed by atoms with Crippen molar-refractivity contribution in [1.82, 2.24) is 0 Å². The maximum atomic E-state index is 9.87. The van der Waals surface area contributed by atoms with Crippen LogP contribution in [0.2, 0.25) is 0 Å². The van der Waals surface area contributed by atoms with Gasteiger partial charge in [0, 0.05) is 10.9 Å². The fourth-order valence-electron chi connectivity index (χ4n) is 1.22. The predicted octanol–water partition coefficient (Wildman–Crippen LogP) is 5.32. The van der Waals surface area contributed by atoms with E-state index in [0.29, 0.717) is 0 Å². The molecule has 20 heavy (non-hydrogen) atoms. The molecule has 120 valence electrons. The van der Waals surface area contributed by atoms with Crippen LogP contribution in [0, 0.1) is 0 Å². The first-order valence-corrected chi connectivity index (χ1v) is 9.07. The molecule has 0 heterocycles. The molecule has 0 radical (unpaired) electrons. The van der Waals surface area contributed by atoms with E-state index in [1.807, 2.05) is 18.2 Å². The molecule has 0 aliphatic carbocycles. The molecule has 1 rings (SSSR count). The minimum absolute atomic E-state index is 0.148. The summed E-state index contributed by atoms with van der Waals surface area (Å²) in [6.45, 7) is 0. The number of methoxy groups -OCH3 is 2. The third kappa shape index (κ3) is 10.0. The molecular weight excluding hydrogens is 329 g/mol. The Morgan fingerprint density at radius 2 is 1.15 bits per heavy atom. The van der Waals surface area contributed by atoms with Gasteiger partial charge in [0.05, 0.1) is 14.2 Å². The monoisotopic (exact) mass is 344 g/mol. The van der Waals surface area contributed by atoms with Crippen molar-refractivity contribution >= 4 is 18.7 Å². The van der Waals surface area contributed by atoms with Crippen molar-refractivity contribution in [2.24, 2.45) is 0 Å². The zero-order valence-electron chi connectivity index (χ0n) is 11.2. The summed E-state index contributed by atoms with van der Waals surface area (Å²) in [7, 11) is -7.14. The summed E-state index contributed by atoms with van der Waals surface area (Å²) in [5.74, 6) is 1.82. The normalized spacial score (nSPS) is 14.8. The van der Waals surface area contributed by atoms with Crippen molar-refractivity contribution in [3.05, 3.63) is 18.2 Å². The second-order valence-corrected chi connectivity index (χ2v) is 7.72. The molecule has 0 aliphatic heterocycles. The number of rotatable bonds is 3. The summed E-state index contributed by atoms with van der Waals surface area (Å²) in [5.41, 5.74) is 0. The number of halogens is 6. The average Bonchev–Trinajstić information content (AvgIpc) is 2.23. The predicted molar refractivity (Wildman–Crippen MR) is 70.6 cm³/mol. The van der Waals surface area contributed by atoms with Crippen LogP contribution in [0.1, 0.15) is 0 Å². The van der Waals surface area contributed by atoms with Crippen LogP contribution >= 0.6 is 7.81 Å². The molecule has 0 spiro atoms. The van der Waals surface area contributed by atoms with Gasteiger partial charge < -0.3 is 9.47 Å². The van der Waals surface area contributed by atoms with E-state index < -0.39 is 7.81 Å². The Labute approximate surface area is 115 Å². The number of hydrogen-bond acceptors (Lipinski definition) is 2. The van der Waals surface area contributed by atoms with Gasteiger partial charge >= 0.3 is 33.0 Å². The van der Waals surface area contributed by atoms with E-state index in [2.05, 4.69) is 12.5 Å². The van der Waals surface area contributed by atoms with Gasteiger partial charge in [0.2, 0.25) is 4.90 Å². The second-order valence-electron chi connectivity index (χ2n) is 3.77. The summed E-state index contributed by atoms with van der Waals surface area (Å²) in [5, 5.41) is 0. The first-order chi connectivity index (χ1) is 8.65. The Balaban J connectivity index is 0.000000441. The molecule has 0 bridgehead atoms. The van der Waals surface area contributed by atoms with Crippen molar-refractivity contribution in [2.75, 3.05) is 26.7 Å². The quantitative estimate of drug-likeness (QED) is 0.420. The summed E-state index contributed by atoms with van der Waals surface area (Å²) >= 11 is 0. The van der Waals surface area contributed by atoms with Gasteiger partial charge in [-0.25, -0.2) is 0 Å². The molecule has 0 amide bonds. The van der Waals surface area contributed by atoms with Gasteiger partial charge in [0.1, 0.15) is 12.5 Å². The Bertz CT molecular complexity index is 426. The van der Waals surface area contributed by atoms with Crippen LogP contribution in [-0.4, -0.2) is 26.7 Å². The van der Waals surface area contributed by atoms with Crippen LogP contribution in [-0.2, 0) is 10.9 Å². The fraction of sp³-hybridized carbons (Fsp3) is 0.400. The number of benzene rings is 1. The van der Waals surface area contributed by atoms with Crippen LogP contribution in [0.4, 0.5) is 25.2 Å². The maximum absolute atomic E-state index is 10.7. The fourth-order valence-corrected chi connectivity index (χ4v) is 2.33. The van der Waals surface area contributed by atoms with E-state index >= 15 is 0 Å². The van der Waals surface area contributed by atoms with Crippen LogP contribution in [0.5, 0.6) is 11.5 Å². The van der Waals surface area contributed by atoms with E-state index in [1.165, 1.54) is 0 Å². The molecule has 0 saturated heterocycles. The van der Waals surface area contributed by atoms with Gasteiger partial charge in [0.25, 0.3) is 0 Å². The molecule has 1 aromatic carbocycles. The van der Waals surface area contributed by atoms with Crippen LogP contribution < -0.4 is 9.47 Å². The van der Waals surface area contributed by atoms with Crippen molar-refractivity contribution in [3.8, 4) is 11.5 Å². The third-order valence-electron chi connectivity index (χ3n) is 1.79. The average molecular weight is 344 g/mol. The molecule has 10 heteroatoms. The molecule has 0 N–H and O–H groups in total. The second kappa shape index (κ2) is 5.52. The molecule has 0 fully saturated rings. The zero-order valence-corrected chi connectivity index (χ0v) is 12.9. The van der Waals surface area contributed by atoms with E-state index in [9.17, 15) is 25.2 Å². The summed E-state index contributed by atoms with van der Waals surface area (Å²) in [6.07, 6.45) is 4.31. The minimum atomic E-state index is -10.7. The number of hydrogen-bond donors (Lipinski definition) is 0. The molecule has 0 atom stereocenters. The Morgan fingerprint density at radius 3 is 1.35 bits per heavy atom. The van der Waals surface area contributed by atoms with E-state index in [4.69, 9.17) is 9.47 Å². The van der Waals surface area contributed by atoms with Crippen molar-refractivity contribution in [3.63, 3.8) is 0 Å². The molecule has 0 aliphatic rings. The molecule has 0 unspecified atom stereocenters. The Kier molecular flexibility index (Phi) is 5.29. The van der Waals surface area contributed by atoms with Crippen molar-refractivity contribution < 1.29 is 34.7 Å². The van der Waals surface area contributed by atoms with E-state index in [0.717, 1.165) is 16.4 Å². The molecule has 2 nitrogen and oxygen atoms in total. The van der Waals surface area contributed by atoms with Gasteiger partial charge in [-0.15, -0.1) is 0 Å². The standard InChI is InChI=1S/C10H15O2S.F6P/c1-11-8-6-5-7-9(12-2)10(8)13(3)4;1-7(2,3,4,5)6/h5-7H,1-4H3;/q+1;-1. The summed E-state index contributed by atoms with van der Waals surface area (Å²) in [6, 6.07) is 5.86. The van der Waals surface area contributed by atoms with Crippen molar-refractivity contribution in [1.29, 1.82) is 0 Å². The molecule has 0 saturated carbocycles. The Hall–Kier alpha value is -0.820. The SMILES string of the molecule is COc1cccc(OC)c1[S+](C)C.F[P-](F)(F)(F)(F)F. The van der Waals surface area contributed by atoms with Gasteiger partial charge in [-0.2, -0.15) is 0 Å². The van der Waals surface area contributed by atoms with Crippen LogP contribution in [0.25, 0.3) is 0 Å². The van der Waals surface area contributed by atoms with E-state index in [1.54, 1.807) is 14.2 Å². The first-order valence-electron chi connectivity index (χ1n) is 5.00. The van der Waals surface area contributed by atoms with Gasteiger partial charge in [0.15, 0.2) is 11.5 Å². The first kappa shape index (κ1) is 19.2. The molecular formula is C10H15F6O2PS. The third-order valence-corrected chi connectivity index (χ3v) is 3.01. The van der Waals surface area contributed by atoms with Gasteiger partial charge in [-0.05, 0) is 12.1 Å². The number of ether oxygens (including phenoxy) is 2. The van der Waals surface area contributed by atoms with Crippen LogP contribution in [0.3, 0.4) is 0 Å². The molecule has 0 aromatic heterocycles. The summed E-state index contributed by atoms with van der Waals surface area (Å²) < 4.78 is 69.7. The summed E-state index contributed by atoms with van der Waals surface area (Å²) in [4.78, 5) is 1.16. The van der Waals surface area contributed by atoms with Gasteiger partial charge in [-0.3, -0.25) is 0 Å². The zero-order chi connectivity index (χ0) is 16.3. The van der Waals surface area contributed by atoms with E-state index in [-0.39, 0.29) is 10.9 Å². The topological polar surface area (TPSA) is 18.5 Å². The van der Waals surface area contributed by atoms with Gasteiger partial charge in [-0.1, -0.05) is 6.07 Å². The van der Waals surface area contributed by atoms with Crippen LogP contribution in [0.15, 0.2) is 23.1 Å². The van der Waals surface area contributed by atoms with Crippen molar-refractivity contribution in [2.45, 2.75) is 4.90 Å². The molecule has 1 aromatic rings. The Morgan fingerprint density at radius 1 is 0.850 bits per heavy atom.